The number of rotatable bonds is 8. The highest BCUT2D eigenvalue weighted by molar-refractivity contribution is 14.0. The number of halogens is 1. The molecule has 1 heterocycles. The van der Waals surface area contributed by atoms with Crippen LogP contribution in [-0.4, -0.2) is 48.8 Å². The first-order valence-corrected chi connectivity index (χ1v) is 10.0. The minimum Gasteiger partial charge on any atom is -0.444 e. The molecule has 1 aromatic heterocycles. The van der Waals surface area contributed by atoms with Crippen LogP contribution in [0.1, 0.15) is 50.2 Å². The first kappa shape index (κ1) is 25.9. The lowest BCUT2D eigenvalue weighted by molar-refractivity contribution is 0.0529. The van der Waals surface area contributed by atoms with E-state index in [4.69, 9.17) is 4.74 Å². The minimum atomic E-state index is -0.486. The normalized spacial score (nSPS) is 11.6. The van der Waals surface area contributed by atoms with E-state index in [0.717, 1.165) is 30.4 Å². The number of aryl methyl sites for hydroxylation is 2. The maximum absolute atomic E-state index is 11.6. The standard InChI is InChI=1S/C18H33N5O2S.HI/c1-7-14-13(3)26-15(23-14)9-10-20-16(19-8-2)21-11-12-22-17(24)25-18(4,5)6;/h7-12H2,1-6H3,(H,22,24)(H2,19,20,21);1H. The van der Waals surface area contributed by atoms with Gasteiger partial charge in [-0.25, -0.2) is 9.78 Å². The van der Waals surface area contributed by atoms with Crippen molar-refractivity contribution in [1.29, 1.82) is 0 Å². The Kier molecular flexibility index (Phi) is 12.6. The fourth-order valence-corrected chi connectivity index (χ4v) is 3.20. The van der Waals surface area contributed by atoms with Crippen molar-refractivity contribution in [1.82, 2.24) is 20.9 Å². The lowest BCUT2D eigenvalue weighted by Gasteiger charge is -2.19. The van der Waals surface area contributed by atoms with Crippen molar-refractivity contribution in [2.75, 3.05) is 26.2 Å². The average molecular weight is 511 g/mol. The summed E-state index contributed by atoms with van der Waals surface area (Å²) in [6, 6.07) is 0. The number of aliphatic imine (C=N–C) groups is 1. The summed E-state index contributed by atoms with van der Waals surface area (Å²) < 4.78 is 5.20. The lowest BCUT2D eigenvalue weighted by Crippen LogP contribution is -2.42. The quantitative estimate of drug-likeness (QED) is 0.216. The van der Waals surface area contributed by atoms with Gasteiger partial charge in [-0.3, -0.25) is 4.99 Å². The summed E-state index contributed by atoms with van der Waals surface area (Å²) in [5, 5.41) is 10.3. The second kappa shape index (κ2) is 13.1. The van der Waals surface area contributed by atoms with Crippen LogP contribution >= 0.6 is 35.3 Å². The molecule has 0 atom stereocenters. The smallest absolute Gasteiger partial charge is 0.407 e. The van der Waals surface area contributed by atoms with Gasteiger partial charge in [0.05, 0.1) is 10.7 Å². The molecule has 0 radical (unpaired) electrons. The van der Waals surface area contributed by atoms with Gasteiger partial charge in [0.2, 0.25) is 0 Å². The Morgan fingerprint density at radius 1 is 1.19 bits per heavy atom. The molecule has 0 saturated heterocycles. The van der Waals surface area contributed by atoms with Crippen molar-refractivity contribution >= 4 is 47.4 Å². The second-order valence-corrected chi connectivity index (χ2v) is 8.12. The maximum Gasteiger partial charge on any atom is 0.407 e. The molecular weight excluding hydrogens is 477 g/mol. The molecule has 1 aromatic rings. The Hall–Kier alpha value is -1.10. The van der Waals surface area contributed by atoms with E-state index < -0.39 is 11.7 Å². The van der Waals surface area contributed by atoms with Gasteiger partial charge in [0.15, 0.2) is 5.96 Å². The third-order valence-corrected chi connectivity index (χ3v) is 4.37. The number of carbonyl (C=O) groups is 1. The fourth-order valence-electron chi connectivity index (χ4n) is 2.19. The number of thiazole rings is 1. The van der Waals surface area contributed by atoms with E-state index in [0.29, 0.717) is 19.6 Å². The molecule has 1 amide bonds. The van der Waals surface area contributed by atoms with E-state index in [9.17, 15) is 4.79 Å². The number of alkyl carbamates (subject to hydrolysis) is 1. The van der Waals surface area contributed by atoms with Gasteiger partial charge in [0.1, 0.15) is 5.60 Å². The number of carbonyl (C=O) groups excluding carboxylic acids is 1. The molecule has 0 aliphatic rings. The van der Waals surface area contributed by atoms with Crippen molar-refractivity contribution in [2.24, 2.45) is 4.99 Å². The molecular formula is C18H34IN5O2S. The second-order valence-electron chi connectivity index (χ2n) is 6.83. The van der Waals surface area contributed by atoms with Gasteiger partial charge >= 0.3 is 6.09 Å². The first-order valence-electron chi connectivity index (χ1n) is 9.19. The Morgan fingerprint density at radius 3 is 2.41 bits per heavy atom. The van der Waals surface area contributed by atoms with E-state index in [1.807, 2.05) is 27.7 Å². The zero-order valence-electron chi connectivity index (χ0n) is 17.3. The summed E-state index contributed by atoms with van der Waals surface area (Å²) in [7, 11) is 0. The molecule has 9 heteroatoms. The molecule has 7 nitrogen and oxygen atoms in total. The molecule has 1 rings (SSSR count). The summed E-state index contributed by atoms with van der Waals surface area (Å²) in [5.74, 6) is 0.738. The minimum absolute atomic E-state index is 0. The fraction of sp³-hybridized carbons (Fsp3) is 0.722. The van der Waals surface area contributed by atoms with Crippen LogP contribution in [0.3, 0.4) is 0 Å². The zero-order chi connectivity index (χ0) is 19.6. The molecule has 3 N–H and O–H groups in total. The number of nitrogens with one attached hydrogen (secondary N) is 3. The number of guanidine groups is 1. The van der Waals surface area contributed by atoms with Crippen LogP contribution in [0.4, 0.5) is 4.79 Å². The highest BCUT2D eigenvalue weighted by atomic mass is 127. The molecule has 0 aliphatic heterocycles. The number of hydrogen-bond acceptors (Lipinski definition) is 5. The van der Waals surface area contributed by atoms with E-state index >= 15 is 0 Å². The molecule has 0 fully saturated rings. The number of aromatic nitrogens is 1. The largest absolute Gasteiger partial charge is 0.444 e. The molecule has 0 saturated carbocycles. The van der Waals surface area contributed by atoms with E-state index in [1.54, 1.807) is 11.3 Å². The summed E-state index contributed by atoms with van der Waals surface area (Å²) in [6.07, 6.45) is 1.39. The van der Waals surface area contributed by atoms with E-state index in [1.165, 1.54) is 10.6 Å². The molecule has 0 aliphatic carbocycles. The van der Waals surface area contributed by atoms with Crippen LogP contribution < -0.4 is 16.0 Å². The Balaban J connectivity index is 0.00000676. The van der Waals surface area contributed by atoms with Crippen LogP contribution in [0.25, 0.3) is 0 Å². The predicted octanol–water partition coefficient (Wildman–Crippen LogP) is 3.25. The number of ether oxygens (including phenoxy) is 1. The van der Waals surface area contributed by atoms with Gasteiger partial charge in [-0.2, -0.15) is 0 Å². The van der Waals surface area contributed by atoms with Crippen molar-refractivity contribution in [3.05, 3.63) is 15.6 Å². The number of hydrogen-bond donors (Lipinski definition) is 3. The van der Waals surface area contributed by atoms with Crippen molar-refractivity contribution in [3.8, 4) is 0 Å². The third kappa shape index (κ3) is 11.4. The molecule has 0 spiro atoms. The van der Waals surface area contributed by atoms with Crippen LogP contribution in [-0.2, 0) is 17.6 Å². The number of amides is 1. The van der Waals surface area contributed by atoms with Gasteiger partial charge in [0, 0.05) is 37.5 Å². The van der Waals surface area contributed by atoms with E-state index in [-0.39, 0.29) is 24.0 Å². The summed E-state index contributed by atoms with van der Waals surface area (Å²) in [4.78, 5) is 22.1. The van der Waals surface area contributed by atoms with Gasteiger partial charge < -0.3 is 20.7 Å². The average Bonchev–Trinajstić information content (AvgIpc) is 2.89. The first-order chi connectivity index (χ1) is 12.2. The van der Waals surface area contributed by atoms with Gasteiger partial charge in [-0.1, -0.05) is 6.92 Å². The topological polar surface area (TPSA) is 87.6 Å². The Morgan fingerprint density at radius 2 is 1.85 bits per heavy atom. The van der Waals surface area contributed by atoms with Crippen molar-refractivity contribution in [3.63, 3.8) is 0 Å². The van der Waals surface area contributed by atoms with Crippen molar-refractivity contribution < 1.29 is 9.53 Å². The van der Waals surface area contributed by atoms with Crippen LogP contribution in [0, 0.1) is 6.92 Å². The monoisotopic (exact) mass is 511 g/mol. The van der Waals surface area contributed by atoms with Gasteiger partial charge in [-0.05, 0) is 41.0 Å². The zero-order valence-corrected chi connectivity index (χ0v) is 20.4. The Labute approximate surface area is 184 Å². The number of nitrogens with zero attached hydrogens (tertiary/aromatic N) is 2. The molecule has 0 unspecified atom stereocenters. The molecule has 0 bridgehead atoms. The van der Waals surface area contributed by atoms with Crippen LogP contribution in [0.2, 0.25) is 0 Å². The SMILES string of the molecule is CCNC(=NCCc1nc(CC)c(C)s1)NCCNC(=O)OC(C)(C)C.I. The maximum atomic E-state index is 11.6. The van der Waals surface area contributed by atoms with E-state index in [2.05, 4.69) is 39.8 Å². The third-order valence-electron chi connectivity index (χ3n) is 3.30. The predicted molar refractivity (Wildman–Crippen MR) is 124 cm³/mol. The molecule has 156 valence electrons. The highest BCUT2D eigenvalue weighted by Crippen LogP contribution is 2.18. The van der Waals surface area contributed by atoms with Gasteiger partial charge in [0.25, 0.3) is 0 Å². The Bertz CT molecular complexity index is 599. The van der Waals surface area contributed by atoms with Crippen LogP contribution in [0.5, 0.6) is 0 Å². The molecule has 0 aromatic carbocycles. The van der Waals surface area contributed by atoms with Crippen LogP contribution in [0.15, 0.2) is 4.99 Å². The van der Waals surface area contributed by atoms with Crippen molar-refractivity contribution in [2.45, 2.75) is 60.0 Å². The van der Waals surface area contributed by atoms with Gasteiger partial charge in [-0.15, -0.1) is 35.3 Å². The summed E-state index contributed by atoms with van der Waals surface area (Å²) in [6.45, 7) is 14.3. The molecule has 27 heavy (non-hydrogen) atoms. The summed E-state index contributed by atoms with van der Waals surface area (Å²) in [5.41, 5.74) is 0.701. The lowest BCUT2D eigenvalue weighted by atomic mass is 10.2. The highest BCUT2D eigenvalue weighted by Gasteiger charge is 2.15. The summed E-state index contributed by atoms with van der Waals surface area (Å²) >= 11 is 1.75.